The molecule has 1 aromatic carbocycles. The highest BCUT2D eigenvalue weighted by atomic mass is 16.2. The minimum Gasteiger partial charge on any atom is -0.346 e. The Balaban J connectivity index is 2.00. The maximum Gasteiger partial charge on any atom is 0.244 e. The summed E-state index contributed by atoms with van der Waals surface area (Å²) in [5, 5.41) is 9.73. The molecule has 1 aromatic heterocycles. The molecule has 7 heteroatoms. The van der Waals surface area contributed by atoms with Crippen molar-refractivity contribution < 1.29 is 9.59 Å². The van der Waals surface area contributed by atoms with E-state index in [2.05, 4.69) is 15.7 Å². The molecule has 0 aliphatic rings. The van der Waals surface area contributed by atoms with Crippen molar-refractivity contribution >= 4 is 17.6 Å². The van der Waals surface area contributed by atoms with Crippen LogP contribution in [0, 0.1) is 12.8 Å². The standard InChI is InChI=1S/C18H25N5O2/c1-11(2)17(19)18(25)20-10-16(24)21-15-9-14(22-23(15)4)13-8-6-5-7-12(13)3/h5-9,11,17H,10,19H2,1-4H3,(H,20,25)(H,21,24)/t17-/m0/s1. The van der Waals surface area contributed by atoms with E-state index in [1.807, 2.05) is 51.1 Å². The molecule has 1 atom stereocenters. The zero-order valence-electron chi connectivity index (χ0n) is 15.0. The van der Waals surface area contributed by atoms with Crippen LogP contribution >= 0.6 is 0 Å². The summed E-state index contributed by atoms with van der Waals surface area (Å²) in [4.78, 5) is 23.9. The third-order valence-corrected chi connectivity index (χ3v) is 4.01. The summed E-state index contributed by atoms with van der Waals surface area (Å²) in [5.41, 5.74) is 8.64. The number of carbonyl (C=O) groups is 2. The van der Waals surface area contributed by atoms with Crippen molar-refractivity contribution in [2.24, 2.45) is 18.7 Å². The number of nitrogens with one attached hydrogen (secondary N) is 2. The fourth-order valence-electron chi connectivity index (χ4n) is 2.35. The van der Waals surface area contributed by atoms with Gasteiger partial charge in [0.15, 0.2) is 0 Å². The van der Waals surface area contributed by atoms with Crippen LogP contribution in [0.2, 0.25) is 0 Å². The van der Waals surface area contributed by atoms with Gasteiger partial charge in [-0.1, -0.05) is 38.1 Å². The molecule has 2 aromatic rings. The normalized spacial score (nSPS) is 12.1. The van der Waals surface area contributed by atoms with Gasteiger partial charge in [-0.05, 0) is 18.4 Å². The average Bonchev–Trinajstić information content (AvgIpc) is 2.92. The Morgan fingerprint density at radius 3 is 2.60 bits per heavy atom. The molecule has 0 aliphatic carbocycles. The molecular weight excluding hydrogens is 318 g/mol. The Kier molecular flexibility index (Phi) is 5.93. The van der Waals surface area contributed by atoms with Crippen LogP contribution in [0.3, 0.4) is 0 Å². The Labute approximate surface area is 147 Å². The topological polar surface area (TPSA) is 102 Å². The second-order valence-corrected chi connectivity index (χ2v) is 6.39. The minimum atomic E-state index is -0.628. The first kappa shape index (κ1) is 18.7. The molecule has 1 heterocycles. The summed E-state index contributed by atoms with van der Waals surface area (Å²) in [5.74, 6) is -0.0955. The quantitative estimate of drug-likeness (QED) is 0.738. The molecule has 0 unspecified atom stereocenters. The number of aromatic nitrogens is 2. The van der Waals surface area contributed by atoms with Gasteiger partial charge in [0.25, 0.3) is 0 Å². The number of amides is 2. The first-order valence-electron chi connectivity index (χ1n) is 8.22. The highest BCUT2D eigenvalue weighted by Gasteiger charge is 2.18. The van der Waals surface area contributed by atoms with E-state index in [0.29, 0.717) is 5.82 Å². The van der Waals surface area contributed by atoms with E-state index in [1.54, 1.807) is 11.7 Å². The Morgan fingerprint density at radius 1 is 1.28 bits per heavy atom. The van der Waals surface area contributed by atoms with Gasteiger partial charge in [-0.25, -0.2) is 0 Å². The number of hydrogen-bond donors (Lipinski definition) is 3. The highest BCUT2D eigenvalue weighted by Crippen LogP contribution is 2.24. The van der Waals surface area contributed by atoms with Crippen molar-refractivity contribution in [1.82, 2.24) is 15.1 Å². The predicted molar refractivity (Wildman–Crippen MR) is 97.8 cm³/mol. The number of anilines is 1. The summed E-state index contributed by atoms with van der Waals surface area (Å²) >= 11 is 0. The van der Waals surface area contributed by atoms with Crippen LogP contribution in [-0.2, 0) is 16.6 Å². The molecule has 7 nitrogen and oxygen atoms in total. The van der Waals surface area contributed by atoms with E-state index in [4.69, 9.17) is 5.73 Å². The molecule has 25 heavy (non-hydrogen) atoms. The monoisotopic (exact) mass is 343 g/mol. The number of aryl methyl sites for hydroxylation is 2. The molecule has 0 fully saturated rings. The maximum atomic E-state index is 12.1. The van der Waals surface area contributed by atoms with Crippen molar-refractivity contribution in [3.05, 3.63) is 35.9 Å². The van der Waals surface area contributed by atoms with Crippen LogP contribution in [0.25, 0.3) is 11.3 Å². The third-order valence-electron chi connectivity index (χ3n) is 4.01. The molecule has 0 saturated carbocycles. The summed E-state index contributed by atoms with van der Waals surface area (Å²) in [6.07, 6.45) is 0. The van der Waals surface area contributed by atoms with E-state index >= 15 is 0 Å². The number of nitrogens with two attached hydrogens (primary N) is 1. The lowest BCUT2D eigenvalue weighted by atomic mass is 10.1. The molecule has 0 spiro atoms. The van der Waals surface area contributed by atoms with Crippen LogP contribution in [0.4, 0.5) is 5.82 Å². The second-order valence-electron chi connectivity index (χ2n) is 6.39. The molecule has 0 radical (unpaired) electrons. The van der Waals surface area contributed by atoms with Crippen LogP contribution in [0.5, 0.6) is 0 Å². The number of benzene rings is 1. The Morgan fingerprint density at radius 2 is 1.96 bits per heavy atom. The van der Waals surface area contributed by atoms with Crippen LogP contribution in [0.1, 0.15) is 19.4 Å². The zero-order chi connectivity index (χ0) is 18.6. The predicted octanol–water partition coefficient (Wildman–Crippen LogP) is 1.43. The van der Waals surface area contributed by atoms with E-state index < -0.39 is 6.04 Å². The summed E-state index contributed by atoms with van der Waals surface area (Å²) < 4.78 is 1.60. The maximum absolute atomic E-state index is 12.1. The lowest BCUT2D eigenvalue weighted by Gasteiger charge is -2.15. The smallest absolute Gasteiger partial charge is 0.244 e. The van der Waals surface area contributed by atoms with Crippen molar-refractivity contribution in [3.63, 3.8) is 0 Å². The van der Waals surface area contributed by atoms with Gasteiger partial charge >= 0.3 is 0 Å². The number of carbonyl (C=O) groups excluding carboxylic acids is 2. The molecule has 0 saturated heterocycles. The lowest BCUT2D eigenvalue weighted by molar-refractivity contribution is -0.125. The van der Waals surface area contributed by atoms with Gasteiger partial charge in [0.05, 0.1) is 18.3 Å². The molecule has 2 rings (SSSR count). The molecule has 4 N–H and O–H groups in total. The Hall–Kier alpha value is -2.67. The SMILES string of the molecule is Cc1ccccc1-c1cc(NC(=O)CNC(=O)[C@@H](N)C(C)C)n(C)n1. The summed E-state index contributed by atoms with van der Waals surface area (Å²) in [7, 11) is 1.75. The lowest BCUT2D eigenvalue weighted by Crippen LogP contribution is -2.46. The molecule has 134 valence electrons. The van der Waals surface area contributed by atoms with E-state index in [0.717, 1.165) is 16.8 Å². The first-order valence-corrected chi connectivity index (χ1v) is 8.22. The fraction of sp³-hybridized carbons (Fsp3) is 0.389. The van der Waals surface area contributed by atoms with Gasteiger partial charge in [0.2, 0.25) is 11.8 Å². The Bertz CT molecular complexity index is 767. The van der Waals surface area contributed by atoms with Crippen molar-refractivity contribution in [3.8, 4) is 11.3 Å². The van der Waals surface area contributed by atoms with Crippen LogP contribution in [-0.4, -0.2) is 34.2 Å². The first-order chi connectivity index (χ1) is 11.8. The van der Waals surface area contributed by atoms with Gasteiger partial charge in [-0.3, -0.25) is 14.3 Å². The average molecular weight is 343 g/mol. The summed E-state index contributed by atoms with van der Waals surface area (Å²) in [6, 6.07) is 9.09. The van der Waals surface area contributed by atoms with E-state index in [-0.39, 0.29) is 24.3 Å². The van der Waals surface area contributed by atoms with E-state index in [1.165, 1.54) is 0 Å². The number of hydrogen-bond acceptors (Lipinski definition) is 4. The van der Waals surface area contributed by atoms with Gasteiger partial charge in [-0.2, -0.15) is 5.10 Å². The third kappa shape index (κ3) is 4.67. The van der Waals surface area contributed by atoms with Gasteiger partial charge in [0.1, 0.15) is 5.82 Å². The molecule has 0 bridgehead atoms. The minimum absolute atomic E-state index is 0.0109. The molecule has 0 aliphatic heterocycles. The van der Waals surface area contributed by atoms with Crippen LogP contribution in [0.15, 0.2) is 30.3 Å². The molecular formula is C18H25N5O2. The zero-order valence-corrected chi connectivity index (χ0v) is 15.0. The largest absolute Gasteiger partial charge is 0.346 e. The van der Waals surface area contributed by atoms with Crippen molar-refractivity contribution in [2.75, 3.05) is 11.9 Å². The summed E-state index contributed by atoms with van der Waals surface area (Å²) in [6.45, 7) is 5.58. The highest BCUT2D eigenvalue weighted by molar-refractivity contribution is 5.95. The molecule has 2 amide bonds. The number of rotatable bonds is 6. The van der Waals surface area contributed by atoms with Gasteiger partial charge in [0, 0.05) is 18.7 Å². The second kappa shape index (κ2) is 7.94. The van der Waals surface area contributed by atoms with E-state index in [9.17, 15) is 9.59 Å². The van der Waals surface area contributed by atoms with Gasteiger partial charge < -0.3 is 16.4 Å². The van der Waals surface area contributed by atoms with Crippen molar-refractivity contribution in [2.45, 2.75) is 26.8 Å². The number of nitrogens with zero attached hydrogens (tertiary/aromatic N) is 2. The van der Waals surface area contributed by atoms with Gasteiger partial charge in [-0.15, -0.1) is 0 Å². The van der Waals surface area contributed by atoms with Crippen LogP contribution < -0.4 is 16.4 Å². The fourth-order valence-corrected chi connectivity index (χ4v) is 2.35. The van der Waals surface area contributed by atoms with Crippen molar-refractivity contribution in [1.29, 1.82) is 0 Å².